The zero-order valence-corrected chi connectivity index (χ0v) is 14.8. The van der Waals surface area contributed by atoms with Crippen LogP contribution in [0, 0.1) is 17.3 Å². The molecule has 3 rings (SSSR count). The number of carbonyl (C=O) groups is 2. The summed E-state index contributed by atoms with van der Waals surface area (Å²) < 4.78 is 10.8. The number of aliphatic hydroxyl groups is 2. The summed E-state index contributed by atoms with van der Waals surface area (Å²) in [5, 5.41) is 22.0. The van der Waals surface area contributed by atoms with Crippen molar-refractivity contribution in [2.24, 2.45) is 17.3 Å². The molecule has 138 valence electrons. The Kier molecular flexibility index (Phi) is 4.32. The van der Waals surface area contributed by atoms with Gasteiger partial charge in [-0.25, -0.2) is 9.59 Å². The van der Waals surface area contributed by atoms with Gasteiger partial charge < -0.3 is 19.7 Å². The quantitative estimate of drug-likeness (QED) is 0.592. The number of fused-ring (bicyclic) bond motifs is 3. The first kappa shape index (κ1) is 18.1. The van der Waals surface area contributed by atoms with E-state index in [0.717, 1.165) is 0 Å². The number of rotatable bonds is 3. The Morgan fingerprint density at radius 1 is 1.40 bits per heavy atom. The van der Waals surface area contributed by atoms with Crippen LogP contribution in [0.1, 0.15) is 39.5 Å². The maximum absolute atomic E-state index is 12.0. The molecule has 0 aromatic rings. The molecule has 0 aromatic heterocycles. The summed E-state index contributed by atoms with van der Waals surface area (Å²) in [5.74, 6) is -1.70. The van der Waals surface area contributed by atoms with Crippen molar-refractivity contribution in [2.75, 3.05) is 6.61 Å². The molecular weight excluding hydrogens is 324 g/mol. The fourth-order valence-electron chi connectivity index (χ4n) is 4.91. The van der Waals surface area contributed by atoms with Crippen LogP contribution in [0.5, 0.6) is 0 Å². The molecule has 0 radical (unpaired) electrons. The standard InChI is InChI=1S/C19H26O6/c1-10(2)16(21)24-9-19(23)8-6-13(20)18(4)7-5-12-11(3)17(22)25-14(12)15(18)19/h12-15,20,23H,1,3,5-9H2,2,4H3/t12-,13-,14+,15-,18+,19-/m1/s1. The minimum atomic E-state index is -1.37. The number of ether oxygens (including phenoxy) is 2. The van der Waals surface area contributed by atoms with Crippen LogP contribution < -0.4 is 0 Å². The highest BCUT2D eigenvalue weighted by Crippen LogP contribution is 2.58. The van der Waals surface area contributed by atoms with Gasteiger partial charge in [0.2, 0.25) is 0 Å². The Bertz CT molecular complexity index is 640. The largest absolute Gasteiger partial charge is 0.459 e. The minimum absolute atomic E-state index is 0.167. The molecular formula is C19H26O6. The molecule has 0 spiro atoms. The van der Waals surface area contributed by atoms with Gasteiger partial charge in [0.05, 0.1) is 6.10 Å². The summed E-state index contributed by atoms with van der Waals surface area (Å²) in [6.45, 7) is 10.6. The molecule has 6 nitrogen and oxygen atoms in total. The van der Waals surface area contributed by atoms with Crippen molar-refractivity contribution in [3.63, 3.8) is 0 Å². The predicted octanol–water partition coefficient (Wildman–Crippen LogP) is 1.51. The van der Waals surface area contributed by atoms with Gasteiger partial charge in [0.25, 0.3) is 0 Å². The lowest BCUT2D eigenvalue weighted by Crippen LogP contribution is -2.65. The van der Waals surface area contributed by atoms with E-state index in [1.54, 1.807) is 6.92 Å². The number of carbonyl (C=O) groups excluding carboxylic acids is 2. The maximum Gasteiger partial charge on any atom is 0.334 e. The Hall–Kier alpha value is -1.66. The first-order chi connectivity index (χ1) is 11.6. The van der Waals surface area contributed by atoms with E-state index < -0.39 is 41.1 Å². The van der Waals surface area contributed by atoms with Crippen LogP contribution in [0.3, 0.4) is 0 Å². The van der Waals surface area contributed by atoms with Crippen LogP contribution in [-0.2, 0) is 19.1 Å². The molecule has 1 aliphatic heterocycles. The van der Waals surface area contributed by atoms with Crippen molar-refractivity contribution in [3.05, 3.63) is 24.3 Å². The second-order valence-electron chi connectivity index (χ2n) is 8.04. The molecule has 1 heterocycles. The van der Waals surface area contributed by atoms with E-state index in [9.17, 15) is 19.8 Å². The van der Waals surface area contributed by atoms with Crippen LogP contribution >= 0.6 is 0 Å². The average Bonchev–Trinajstić information content (AvgIpc) is 2.83. The topological polar surface area (TPSA) is 93.1 Å². The second-order valence-corrected chi connectivity index (χ2v) is 8.04. The van der Waals surface area contributed by atoms with E-state index in [4.69, 9.17) is 9.47 Å². The van der Waals surface area contributed by atoms with Gasteiger partial charge in [-0.15, -0.1) is 0 Å². The smallest absolute Gasteiger partial charge is 0.334 e. The second kappa shape index (κ2) is 5.95. The summed E-state index contributed by atoms with van der Waals surface area (Å²) in [5.41, 5.74) is -1.31. The third kappa shape index (κ3) is 2.72. The predicted molar refractivity (Wildman–Crippen MR) is 89.3 cm³/mol. The first-order valence-corrected chi connectivity index (χ1v) is 8.73. The lowest BCUT2D eigenvalue weighted by Gasteiger charge is -2.57. The van der Waals surface area contributed by atoms with Crippen molar-refractivity contribution >= 4 is 11.9 Å². The Labute approximate surface area is 147 Å². The Balaban J connectivity index is 1.93. The van der Waals surface area contributed by atoms with E-state index >= 15 is 0 Å². The van der Waals surface area contributed by atoms with Crippen LogP contribution in [0.25, 0.3) is 0 Å². The van der Waals surface area contributed by atoms with E-state index in [1.807, 2.05) is 6.92 Å². The van der Waals surface area contributed by atoms with Crippen LogP contribution in [-0.4, -0.2) is 46.6 Å². The highest BCUT2D eigenvalue weighted by molar-refractivity contribution is 5.91. The molecule has 0 amide bonds. The van der Waals surface area contributed by atoms with Gasteiger partial charge in [-0.3, -0.25) is 0 Å². The van der Waals surface area contributed by atoms with E-state index in [-0.39, 0.29) is 24.5 Å². The molecule has 0 bridgehead atoms. The molecule has 2 N–H and O–H groups in total. The number of aliphatic hydroxyl groups excluding tert-OH is 1. The molecule has 2 saturated carbocycles. The van der Waals surface area contributed by atoms with Gasteiger partial charge in [-0.05, 0) is 32.6 Å². The van der Waals surface area contributed by atoms with E-state index in [1.165, 1.54) is 0 Å². The van der Waals surface area contributed by atoms with E-state index in [2.05, 4.69) is 13.2 Å². The average molecular weight is 350 g/mol. The fraction of sp³-hybridized carbons (Fsp3) is 0.684. The maximum atomic E-state index is 12.0. The normalized spacial score (nSPS) is 43.0. The number of esters is 2. The van der Waals surface area contributed by atoms with Crippen molar-refractivity contribution in [1.82, 2.24) is 0 Å². The Morgan fingerprint density at radius 3 is 2.72 bits per heavy atom. The fourth-order valence-corrected chi connectivity index (χ4v) is 4.91. The molecule has 1 saturated heterocycles. The summed E-state index contributed by atoms with van der Waals surface area (Å²) in [6, 6.07) is 0. The van der Waals surface area contributed by atoms with Gasteiger partial charge in [0.1, 0.15) is 18.3 Å². The van der Waals surface area contributed by atoms with Gasteiger partial charge >= 0.3 is 11.9 Å². The lowest BCUT2D eigenvalue weighted by molar-refractivity contribution is -0.231. The highest BCUT2D eigenvalue weighted by atomic mass is 16.6. The van der Waals surface area contributed by atoms with Crippen LogP contribution in [0.15, 0.2) is 24.3 Å². The van der Waals surface area contributed by atoms with Crippen LogP contribution in [0.2, 0.25) is 0 Å². The van der Waals surface area contributed by atoms with Crippen LogP contribution in [0.4, 0.5) is 0 Å². The molecule has 0 aromatic carbocycles. The number of hydrogen-bond donors (Lipinski definition) is 2. The molecule has 2 aliphatic carbocycles. The summed E-state index contributed by atoms with van der Waals surface area (Å²) >= 11 is 0. The third-order valence-electron chi connectivity index (χ3n) is 6.38. The molecule has 0 unspecified atom stereocenters. The van der Waals surface area contributed by atoms with Gasteiger partial charge in [0, 0.05) is 28.4 Å². The van der Waals surface area contributed by atoms with Crippen molar-refractivity contribution < 1.29 is 29.3 Å². The number of hydrogen-bond acceptors (Lipinski definition) is 6. The molecule has 6 heteroatoms. The molecule has 3 fully saturated rings. The molecule has 3 aliphatic rings. The zero-order chi connectivity index (χ0) is 18.6. The first-order valence-electron chi connectivity index (χ1n) is 8.73. The molecule has 25 heavy (non-hydrogen) atoms. The summed E-state index contributed by atoms with van der Waals surface area (Å²) in [7, 11) is 0. The minimum Gasteiger partial charge on any atom is -0.459 e. The van der Waals surface area contributed by atoms with Crippen molar-refractivity contribution in [3.8, 4) is 0 Å². The highest BCUT2D eigenvalue weighted by Gasteiger charge is 2.64. The zero-order valence-electron chi connectivity index (χ0n) is 14.8. The van der Waals surface area contributed by atoms with Crippen molar-refractivity contribution in [2.45, 2.75) is 57.3 Å². The van der Waals surface area contributed by atoms with E-state index in [0.29, 0.717) is 24.8 Å². The lowest BCUT2D eigenvalue weighted by atomic mass is 9.51. The monoisotopic (exact) mass is 350 g/mol. The van der Waals surface area contributed by atoms with Gasteiger partial charge in [0.15, 0.2) is 0 Å². The van der Waals surface area contributed by atoms with Crippen molar-refractivity contribution in [1.29, 1.82) is 0 Å². The summed E-state index contributed by atoms with van der Waals surface area (Å²) in [6.07, 6.45) is 0.837. The molecule has 6 atom stereocenters. The van der Waals surface area contributed by atoms with Gasteiger partial charge in [-0.1, -0.05) is 20.1 Å². The summed E-state index contributed by atoms with van der Waals surface area (Å²) in [4.78, 5) is 23.8. The SMILES string of the molecule is C=C(C)C(=O)OC[C@]1(O)CC[C@@H](O)[C@]2(C)CC[C@@H]3C(=C)C(=O)O[C@@H]3[C@@H]12. The third-order valence-corrected chi connectivity index (χ3v) is 6.38. The Morgan fingerprint density at radius 2 is 2.08 bits per heavy atom. The van der Waals surface area contributed by atoms with Gasteiger partial charge in [-0.2, -0.15) is 0 Å².